The second kappa shape index (κ2) is 4.71. The van der Waals surface area contributed by atoms with Crippen molar-refractivity contribution < 1.29 is 0 Å². The maximum Gasteiger partial charge on any atom is 0.147 e. The van der Waals surface area contributed by atoms with Crippen LogP contribution in [0, 0.1) is 5.92 Å². The Morgan fingerprint density at radius 3 is 3.07 bits per heavy atom. The molecule has 0 N–H and O–H groups in total. The van der Waals surface area contributed by atoms with E-state index < -0.39 is 0 Å². The van der Waals surface area contributed by atoms with Crippen LogP contribution in [0.3, 0.4) is 0 Å². The number of aromatic nitrogens is 1. The highest BCUT2D eigenvalue weighted by Crippen LogP contribution is 2.29. The normalized spacial score (nSPS) is 26.7. The van der Waals surface area contributed by atoms with Crippen molar-refractivity contribution in [2.45, 2.75) is 18.2 Å². The first-order valence-electron chi connectivity index (χ1n) is 5.18. The van der Waals surface area contributed by atoms with Crippen LogP contribution in [0.1, 0.15) is 13.3 Å². The van der Waals surface area contributed by atoms with Gasteiger partial charge in [-0.15, -0.1) is 0 Å². The highest BCUT2D eigenvalue weighted by molar-refractivity contribution is 9.09. The maximum absolute atomic E-state index is 6.12. The summed E-state index contributed by atoms with van der Waals surface area (Å²) in [6, 6.07) is 3.76. The standard InChI is InChI=1S/C11H14BrClN2/c1-8-4-6-15(7-9(8)12)11-10(13)3-2-5-14-11/h2-3,5,8-9H,4,6-7H2,1H3. The fraction of sp³-hybridized carbons (Fsp3) is 0.545. The molecular formula is C11H14BrClN2. The van der Waals surface area contributed by atoms with Crippen LogP contribution in [0.15, 0.2) is 18.3 Å². The molecule has 2 rings (SSSR count). The molecule has 82 valence electrons. The Morgan fingerprint density at radius 1 is 1.60 bits per heavy atom. The van der Waals surface area contributed by atoms with Gasteiger partial charge in [-0.3, -0.25) is 0 Å². The van der Waals surface area contributed by atoms with E-state index in [-0.39, 0.29) is 0 Å². The van der Waals surface area contributed by atoms with Crippen molar-refractivity contribution >= 4 is 33.3 Å². The lowest BCUT2D eigenvalue weighted by Gasteiger charge is -2.35. The summed E-state index contributed by atoms with van der Waals surface area (Å²) in [5.74, 6) is 1.64. The number of hydrogen-bond acceptors (Lipinski definition) is 2. The lowest BCUT2D eigenvalue weighted by atomic mass is 9.99. The zero-order valence-corrected chi connectivity index (χ0v) is 11.0. The molecule has 1 aliphatic rings. The maximum atomic E-state index is 6.12. The van der Waals surface area contributed by atoms with Crippen molar-refractivity contribution in [3.05, 3.63) is 23.4 Å². The van der Waals surface area contributed by atoms with E-state index in [4.69, 9.17) is 11.6 Å². The van der Waals surface area contributed by atoms with E-state index >= 15 is 0 Å². The number of piperidine rings is 1. The van der Waals surface area contributed by atoms with E-state index in [1.165, 1.54) is 6.42 Å². The second-order valence-corrected chi connectivity index (χ2v) is 5.62. The summed E-state index contributed by atoms with van der Waals surface area (Å²) in [6.45, 7) is 4.30. The summed E-state index contributed by atoms with van der Waals surface area (Å²) in [5.41, 5.74) is 0. The van der Waals surface area contributed by atoms with Gasteiger partial charge in [0.15, 0.2) is 0 Å². The molecule has 4 heteroatoms. The number of nitrogens with zero attached hydrogens (tertiary/aromatic N) is 2. The number of halogens is 2. The molecule has 0 aromatic carbocycles. The van der Waals surface area contributed by atoms with Crippen molar-refractivity contribution in [1.29, 1.82) is 0 Å². The summed E-state index contributed by atoms with van der Waals surface area (Å²) in [7, 11) is 0. The van der Waals surface area contributed by atoms with Crippen molar-refractivity contribution in [2.24, 2.45) is 5.92 Å². The zero-order valence-electron chi connectivity index (χ0n) is 8.66. The average molecular weight is 290 g/mol. The van der Waals surface area contributed by atoms with Gasteiger partial charge in [-0.05, 0) is 24.5 Å². The molecule has 0 radical (unpaired) electrons. The van der Waals surface area contributed by atoms with Gasteiger partial charge >= 0.3 is 0 Å². The smallest absolute Gasteiger partial charge is 0.147 e. The van der Waals surface area contributed by atoms with Gasteiger partial charge in [0, 0.05) is 24.1 Å². The molecule has 2 heterocycles. The highest BCUT2D eigenvalue weighted by Gasteiger charge is 2.25. The zero-order chi connectivity index (χ0) is 10.8. The Morgan fingerprint density at radius 2 is 2.40 bits per heavy atom. The third-order valence-corrected chi connectivity index (χ3v) is 4.39. The van der Waals surface area contributed by atoms with Crippen LogP contribution in [0.2, 0.25) is 5.02 Å². The van der Waals surface area contributed by atoms with E-state index in [1.807, 2.05) is 12.1 Å². The summed E-state index contributed by atoms with van der Waals surface area (Å²) >= 11 is 9.83. The van der Waals surface area contributed by atoms with E-state index in [2.05, 4.69) is 32.7 Å². The molecule has 15 heavy (non-hydrogen) atoms. The summed E-state index contributed by atoms with van der Waals surface area (Å²) in [6.07, 6.45) is 2.98. The number of pyridine rings is 1. The monoisotopic (exact) mass is 288 g/mol. The van der Waals surface area contributed by atoms with E-state index in [9.17, 15) is 0 Å². The lowest BCUT2D eigenvalue weighted by molar-refractivity contribution is 0.454. The summed E-state index contributed by atoms with van der Waals surface area (Å²) in [4.78, 5) is 7.12. The van der Waals surface area contributed by atoms with Crippen LogP contribution >= 0.6 is 27.5 Å². The number of rotatable bonds is 1. The minimum atomic E-state index is 0.532. The lowest BCUT2D eigenvalue weighted by Crippen LogP contribution is -2.40. The Bertz CT molecular complexity index is 345. The van der Waals surface area contributed by atoms with Crippen LogP contribution in [-0.2, 0) is 0 Å². The Labute approximate surface area is 104 Å². The second-order valence-electron chi connectivity index (χ2n) is 4.04. The summed E-state index contributed by atoms with van der Waals surface area (Å²) in [5, 5.41) is 0.742. The first kappa shape index (κ1) is 11.2. The molecule has 0 aliphatic carbocycles. The molecular weight excluding hydrogens is 275 g/mol. The molecule has 1 fully saturated rings. The van der Waals surface area contributed by atoms with Gasteiger partial charge in [0.05, 0.1) is 5.02 Å². The minimum Gasteiger partial charge on any atom is -0.354 e. The SMILES string of the molecule is CC1CCN(c2ncccc2Cl)CC1Br. The van der Waals surface area contributed by atoms with Gasteiger partial charge in [0.1, 0.15) is 5.82 Å². The average Bonchev–Trinajstić information content (AvgIpc) is 2.23. The van der Waals surface area contributed by atoms with E-state index in [0.717, 1.165) is 29.8 Å². The predicted molar refractivity (Wildman–Crippen MR) is 68.0 cm³/mol. The molecule has 0 bridgehead atoms. The molecule has 2 nitrogen and oxygen atoms in total. The minimum absolute atomic E-state index is 0.532. The Balaban J connectivity index is 2.15. The molecule has 0 saturated carbocycles. The molecule has 0 spiro atoms. The van der Waals surface area contributed by atoms with Crippen molar-refractivity contribution in [3.8, 4) is 0 Å². The van der Waals surface area contributed by atoms with Crippen molar-refractivity contribution in [2.75, 3.05) is 18.0 Å². The molecule has 1 aliphatic heterocycles. The van der Waals surface area contributed by atoms with E-state index in [1.54, 1.807) is 6.20 Å². The fourth-order valence-corrected chi connectivity index (χ4v) is 2.68. The molecule has 1 aromatic heterocycles. The van der Waals surface area contributed by atoms with Crippen molar-refractivity contribution in [3.63, 3.8) is 0 Å². The van der Waals surface area contributed by atoms with Crippen LogP contribution in [-0.4, -0.2) is 22.9 Å². The quantitative estimate of drug-likeness (QED) is 0.737. The molecule has 2 atom stereocenters. The molecule has 2 unspecified atom stereocenters. The van der Waals surface area contributed by atoms with Crippen molar-refractivity contribution in [1.82, 2.24) is 4.98 Å². The van der Waals surface area contributed by atoms with E-state index in [0.29, 0.717) is 4.83 Å². The Hall–Kier alpha value is -0.280. The van der Waals surface area contributed by atoms with Gasteiger partial charge in [-0.2, -0.15) is 0 Å². The van der Waals surface area contributed by atoms with Crippen LogP contribution in [0.5, 0.6) is 0 Å². The predicted octanol–water partition coefficient (Wildman–Crippen LogP) is 3.34. The van der Waals surface area contributed by atoms with Gasteiger partial charge in [0.2, 0.25) is 0 Å². The Kier molecular flexibility index (Phi) is 3.52. The van der Waals surface area contributed by atoms with Crippen LogP contribution < -0.4 is 4.90 Å². The molecule has 1 saturated heterocycles. The topological polar surface area (TPSA) is 16.1 Å². The van der Waals surface area contributed by atoms with Gasteiger partial charge in [-0.1, -0.05) is 34.5 Å². The van der Waals surface area contributed by atoms with Crippen LogP contribution in [0.25, 0.3) is 0 Å². The van der Waals surface area contributed by atoms with Gasteiger partial charge < -0.3 is 4.90 Å². The largest absolute Gasteiger partial charge is 0.354 e. The number of hydrogen-bond donors (Lipinski definition) is 0. The highest BCUT2D eigenvalue weighted by atomic mass is 79.9. The number of anilines is 1. The van der Waals surface area contributed by atoms with Crippen LogP contribution in [0.4, 0.5) is 5.82 Å². The van der Waals surface area contributed by atoms with Gasteiger partial charge in [0.25, 0.3) is 0 Å². The summed E-state index contributed by atoms with van der Waals surface area (Å²) < 4.78 is 0. The number of alkyl halides is 1. The first-order valence-corrected chi connectivity index (χ1v) is 6.47. The first-order chi connectivity index (χ1) is 7.18. The molecule has 0 amide bonds. The fourth-order valence-electron chi connectivity index (χ4n) is 1.82. The third-order valence-electron chi connectivity index (χ3n) is 2.91. The molecule has 1 aromatic rings. The third kappa shape index (κ3) is 2.45. The van der Waals surface area contributed by atoms with Gasteiger partial charge in [-0.25, -0.2) is 4.98 Å².